The minimum absolute atomic E-state index is 0.0200. The average Bonchev–Trinajstić information content (AvgIpc) is 2.37. The zero-order valence-electron chi connectivity index (χ0n) is 11.2. The fraction of sp³-hybridized carbons (Fsp3) is 0.538. The third kappa shape index (κ3) is 3.76. The van der Waals surface area contributed by atoms with E-state index in [1.807, 2.05) is 0 Å². The molecule has 0 amide bonds. The van der Waals surface area contributed by atoms with Crippen LogP contribution in [0.25, 0.3) is 0 Å². The van der Waals surface area contributed by atoms with E-state index in [1.54, 1.807) is 13.0 Å². The van der Waals surface area contributed by atoms with E-state index in [9.17, 15) is 13.2 Å². The van der Waals surface area contributed by atoms with Crippen molar-refractivity contribution in [2.45, 2.75) is 25.6 Å². The summed E-state index contributed by atoms with van der Waals surface area (Å²) in [6, 6.07) is 2.77. The fourth-order valence-electron chi connectivity index (χ4n) is 1.83. The van der Waals surface area contributed by atoms with E-state index in [4.69, 9.17) is 9.47 Å². The standard InChI is InChI=1S/C13H18F3NO2/c1-4-8-17-12(13(14,15)16)11-9(18-2)6-5-7-10(11)19-3/h5-7,12,17H,4,8H2,1-3H3. The summed E-state index contributed by atoms with van der Waals surface area (Å²) in [4.78, 5) is 0. The highest BCUT2D eigenvalue weighted by molar-refractivity contribution is 5.47. The van der Waals surface area contributed by atoms with Crippen LogP contribution in [0, 0.1) is 0 Å². The van der Waals surface area contributed by atoms with Gasteiger partial charge >= 0.3 is 6.18 Å². The van der Waals surface area contributed by atoms with Gasteiger partial charge in [0.25, 0.3) is 0 Å². The van der Waals surface area contributed by atoms with Crippen molar-refractivity contribution in [2.24, 2.45) is 0 Å². The zero-order chi connectivity index (χ0) is 14.5. The normalized spacial score (nSPS) is 13.2. The molecular weight excluding hydrogens is 259 g/mol. The van der Waals surface area contributed by atoms with Gasteiger partial charge in [0.2, 0.25) is 0 Å². The van der Waals surface area contributed by atoms with Crippen LogP contribution in [-0.4, -0.2) is 26.9 Å². The number of nitrogens with one attached hydrogen (secondary N) is 1. The van der Waals surface area contributed by atoms with Gasteiger partial charge in [0.05, 0.1) is 19.8 Å². The van der Waals surface area contributed by atoms with Crippen LogP contribution in [-0.2, 0) is 0 Å². The maximum absolute atomic E-state index is 13.2. The second kappa shape index (κ2) is 6.65. The molecule has 108 valence electrons. The van der Waals surface area contributed by atoms with Crippen molar-refractivity contribution in [1.29, 1.82) is 0 Å². The Labute approximate surface area is 110 Å². The highest BCUT2D eigenvalue weighted by Crippen LogP contribution is 2.42. The van der Waals surface area contributed by atoms with Crippen molar-refractivity contribution in [1.82, 2.24) is 5.32 Å². The lowest BCUT2D eigenvalue weighted by atomic mass is 10.0. The Morgan fingerprint density at radius 1 is 1.16 bits per heavy atom. The molecule has 0 saturated heterocycles. The highest BCUT2D eigenvalue weighted by Gasteiger charge is 2.43. The summed E-state index contributed by atoms with van der Waals surface area (Å²) in [7, 11) is 2.68. The summed E-state index contributed by atoms with van der Waals surface area (Å²) in [5.41, 5.74) is -0.0200. The van der Waals surface area contributed by atoms with Crippen molar-refractivity contribution < 1.29 is 22.6 Å². The second-order valence-corrected chi connectivity index (χ2v) is 4.00. The first kappa shape index (κ1) is 15.6. The molecule has 0 radical (unpaired) electrons. The summed E-state index contributed by atoms with van der Waals surface area (Å²) < 4.78 is 49.6. The number of rotatable bonds is 6. The van der Waals surface area contributed by atoms with Crippen LogP contribution < -0.4 is 14.8 Å². The number of halogens is 3. The Hall–Kier alpha value is -1.43. The molecule has 0 fully saturated rings. The molecule has 1 atom stereocenters. The van der Waals surface area contributed by atoms with E-state index in [2.05, 4.69) is 5.32 Å². The van der Waals surface area contributed by atoms with Crippen molar-refractivity contribution >= 4 is 0 Å². The average molecular weight is 277 g/mol. The van der Waals surface area contributed by atoms with Gasteiger partial charge in [0.1, 0.15) is 17.5 Å². The van der Waals surface area contributed by atoms with Crippen LogP contribution in [0.2, 0.25) is 0 Å². The van der Waals surface area contributed by atoms with Gasteiger partial charge in [0, 0.05) is 0 Å². The Bertz CT molecular complexity index is 385. The first-order valence-electron chi connectivity index (χ1n) is 5.96. The molecule has 0 spiro atoms. The lowest BCUT2D eigenvalue weighted by Crippen LogP contribution is -2.35. The molecule has 1 N–H and O–H groups in total. The molecule has 1 rings (SSSR count). The van der Waals surface area contributed by atoms with Crippen LogP contribution in [0.1, 0.15) is 24.9 Å². The van der Waals surface area contributed by atoms with E-state index < -0.39 is 12.2 Å². The van der Waals surface area contributed by atoms with Crippen LogP contribution in [0.4, 0.5) is 13.2 Å². The molecule has 19 heavy (non-hydrogen) atoms. The summed E-state index contributed by atoms with van der Waals surface area (Å²) >= 11 is 0. The Balaban J connectivity index is 3.27. The van der Waals surface area contributed by atoms with Gasteiger partial charge in [-0.2, -0.15) is 13.2 Å². The third-order valence-electron chi connectivity index (χ3n) is 2.68. The van der Waals surface area contributed by atoms with Crippen molar-refractivity contribution in [3.8, 4) is 11.5 Å². The third-order valence-corrected chi connectivity index (χ3v) is 2.68. The molecule has 0 aliphatic heterocycles. The van der Waals surface area contributed by atoms with Crippen molar-refractivity contribution in [2.75, 3.05) is 20.8 Å². The summed E-state index contributed by atoms with van der Waals surface area (Å²) in [6.07, 6.45) is -3.82. The van der Waals surface area contributed by atoms with E-state index in [0.29, 0.717) is 6.42 Å². The predicted molar refractivity (Wildman–Crippen MR) is 66.6 cm³/mol. The molecule has 1 unspecified atom stereocenters. The lowest BCUT2D eigenvalue weighted by Gasteiger charge is -2.25. The van der Waals surface area contributed by atoms with Gasteiger partial charge in [-0.3, -0.25) is 0 Å². The Morgan fingerprint density at radius 2 is 1.68 bits per heavy atom. The molecule has 1 aromatic rings. The number of methoxy groups -OCH3 is 2. The zero-order valence-corrected chi connectivity index (χ0v) is 11.2. The summed E-state index contributed by atoms with van der Waals surface area (Å²) in [5, 5.41) is 2.49. The van der Waals surface area contributed by atoms with E-state index in [-0.39, 0.29) is 23.6 Å². The second-order valence-electron chi connectivity index (χ2n) is 4.00. The van der Waals surface area contributed by atoms with Crippen molar-refractivity contribution in [3.63, 3.8) is 0 Å². The maximum Gasteiger partial charge on any atom is 0.408 e. The topological polar surface area (TPSA) is 30.5 Å². The molecule has 0 aromatic heterocycles. The van der Waals surface area contributed by atoms with E-state index in [0.717, 1.165) is 0 Å². The van der Waals surface area contributed by atoms with Gasteiger partial charge in [0.15, 0.2) is 0 Å². The number of ether oxygens (including phenoxy) is 2. The molecular formula is C13H18F3NO2. The van der Waals surface area contributed by atoms with Crippen LogP contribution in [0.15, 0.2) is 18.2 Å². The summed E-state index contributed by atoms with van der Waals surface area (Å²) in [6.45, 7) is 2.06. The molecule has 0 saturated carbocycles. The maximum atomic E-state index is 13.2. The van der Waals surface area contributed by atoms with E-state index >= 15 is 0 Å². The first-order chi connectivity index (χ1) is 8.95. The quantitative estimate of drug-likeness (QED) is 0.865. The molecule has 1 aromatic carbocycles. The molecule has 0 bridgehead atoms. The minimum Gasteiger partial charge on any atom is -0.496 e. The summed E-state index contributed by atoms with van der Waals surface area (Å²) in [5.74, 6) is 0.315. The van der Waals surface area contributed by atoms with Crippen LogP contribution >= 0.6 is 0 Å². The number of hydrogen-bond donors (Lipinski definition) is 1. The van der Waals surface area contributed by atoms with Gasteiger partial charge in [-0.05, 0) is 25.1 Å². The predicted octanol–water partition coefficient (Wildman–Crippen LogP) is 3.31. The van der Waals surface area contributed by atoms with Gasteiger partial charge < -0.3 is 14.8 Å². The molecule has 0 aliphatic carbocycles. The Kier molecular flexibility index (Phi) is 5.47. The number of benzene rings is 1. The molecule has 6 heteroatoms. The first-order valence-corrected chi connectivity index (χ1v) is 5.96. The largest absolute Gasteiger partial charge is 0.496 e. The highest BCUT2D eigenvalue weighted by atomic mass is 19.4. The molecule has 3 nitrogen and oxygen atoms in total. The minimum atomic E-state index is -4.42. The lowest BCUT2D eigenvalue weighted by molar-refractivity contribution is -0.158. The van der Waals surface area contributed by atoms with Crippen LogP contribution in [0.3, 0.4) is 0 Å². The van der Waals surface area contributed by atoms with Crippen molar-refractivity contribution in [3.05, 3.63) is 23.8 Å². The SMILES string of the molecule is CCCNC(c1c(OC)cccc1OC)C(F)(F)F. The number of hydrogen-bond acceptors (Lipinski definition) is 3. The van der Waals surface area contributed by atoms with Crippen LogP contribution in [0.5, 0.6) is 11.5 Å². The smallest absolute Gasteiger partial charge is 0.408 e. The Morgan fingerprint density at radius 3 is 2.05 bits per heavy atom. The van der Waals surface area contributed by atoms with E-state index in [1.165, 1.54) is 26.4 Å². The molecule has 0 heterocycles. The van der Waals surface area contributed by atoms with Gasteiger partial charge in [-0.15, -0.1) is 0 Å². The monoisotopic (exact) mass is 277 g/mol. The van der Waals surface area contributed by atoms with Gasteiger partial charge in [-0.25, -0.2) is 0 Å². The number of alkyl halides is 3. The molecule has 0 aliphatic rings. The van der Waals surface area contributed by atoms with Gasteiger partial charge in [-0.1, -0.05) is 13.0 Å². The fourth-order valence-corrected chi connectivity index (χ4v) is 1.83.